The second-order valence-electron chi connectivity index (χ2n) is 7.45. The van der Waals surface area contributed by atoms with Crippen LogP contribution in [0.15, 0.2) is 67.4 Å². The second kappa shape index (κ2) is 10.3. The normalized spacial score (nSPS) is 15.1. The molecule has 3 aromatic heterocycles. The molecule has 1 fully saturated rings. The Bertz CT molecular complexity index is 846. The van der Waals surface area contributed by atoms with Gasteiger partial charge in [0.05, 0.1) is 13.2 Å². The van der Waals surface area contributed by atoms with Gasteiger partial charge in [-0.1, -0.05) is 6.07 Å². The first-order valence-electron chi connectivity index (χ1n) is 10.4. The van der Waals surface area contributed by atoms with Crippen molar-refractivity contribution in [2.75, 3.05) is 39.4 Å². The van der Waals surface area contributed by atoms with Crippen LogP contribution in [0.2, 0.25) is 0 Å². The maximum Gasteiger partial charge on any atom is 0.0594 e. The van der Waals surface area contributed by atoms with E-state index in [-0.39, 0.29) is 0 Å². The number of rotatable bonds is 9. The van der Waals surface area contributed by atoms with Crippen molar-refractivity contribution in [3.8, 4) is 5.69 Å². The van der Waals surface area contributed by atoms with Crippen molar-refractivity contribution in [3.05, 3.63) is 78.6 Å². The van der Waals surface area contributed by atoms with Gasteiger partial charge in [0.1, 0.15) is 0 Å². The van der Waals surface area contributed by atoms with Crippen molar-refractivity contribution in [3.63, 3.8) is 0 Å². The van der Waals surface area contributed by atoms with Gasteiger partial charge >= 0.3 is 0 Å². The molecule has 0 aliphatic carbocycles. The van der Waals surface area contributed by atoms with Crippen LogP contribution in [0.3, 0.4) is 0 Å². The number of hydrogen-bond donors (Lipinski definition) is 0. The SMILES string of the molecule is c1cncc(CN(CCCN2CCOCC2)Cc2cccn2-c2ccncc2)c1. The third kappa shape index (κ3) is 5.73. The molecule has 0 N–H and O–H groups in total. The van der Waals surface area contributed by atoms with E-state index in [9.17, 15) is 0 Å². The van der Waals surface area contributed by atoms with Crippen LogP contribution < -0.4 is 0 Å². The molecule has 6 nitrogen and oxygen atoms in total. The Balaban J connectivity index is 1.43. The van der Waals surface area contributed by atoms with Gasteiger partial charge in [-0.3, -0.25) is 19.8 Å². The predicted octanol–water partition coefficient (Wildman–Crippen LogP) is 2.99. The summed E-state index contributed by atoms with van der Waals surface area (Å²) in [5.41, 5.74) is 3.68. The number of hydrogen-bond acceptors (Lipinski definition) is 5. The quantitative estimate of drug-likeness (QED) is 0.561. The van der Waals surface area contributed by atoms with Gasteiger partial charge in [-0.05, 0) is 48.9 Å². The first kappa shape index (κ1) is 19.8. The van der Waals surface area contributed by atoms with Gasteiger partial charge in [-0.25, -0.2) is 0 Å². The molecule has 0 amide bonds. The molecule has 29 heavy (non-hydrogen) atoms. The summed E-state index contributed by atoms with van der Waals surface area (Å²) in [6.45, 7) is 7.79. The van der Waals surface area contributed by atoms with Crippen LogP contribution in [-0.4, -0.2) is 63.7 Å². The summed E-state index contributed by atoms with van der Waals surface area (Å²) in [4.78, 5) is 13.5. The lowest BCUT2D eigenvalue weighted by Gasteiger charge is -2.28. The number of nitrogens with zero attached hydrogens (tertiary/aromatic N) is 5. The van der Waals surface area contributed by atoms with E-state index in [2.05, 4.69) is 48.7 Å². The lowest BCUT2D eigenvalue weighted by Crippen LogP contribution is -2.38. The Morgan fingerprint density at radius 3 is 2.59 bits per heavy atom. The monoisotopic (exact) mass is 391 g/mol. The van der Waals surface area contributed by atoms with Crippen molar-refractivity contribution in [2.24, 2.45) is 0 Å². The van der Waals surface area contributed by atoms with Crippen LogP contribution in [0.5, 0.6) is 0 Å². The van der Waals surface area contributed by atoms with Gasteiger partial charge in [0.2, 0.25) is 0 Å². The first-order valence-corrected chi connectivity index (χ1v) is 10.4. The molecule has 0 spiro atoms. The van der Waals surface area contributed by atoms with E-state index in [1.807, 2.05) is 43.0 Å². The zero-order chi connectivity index (χ0) is 19.7. The van der Waals surface area contributed by atoms with E-state index < -0.39 is 0 Å². The van der Waals surface area contributed by atoms with Crippen molar-refractivity contribution in [1.29, 1.82) is 0 Å². The Morgan fingerprint density at radius 2 is 1.79 bits per heavy atom. The third-order valence-corrected chi connectivity index (χ3v) is 5.34. The molecule has 6 heteroatoms. The van der Waals surface area contributed by atoms with Gasteiger partial charge in [0.15, 0.2) is 0 Å². The van der Waals surface area contributed by atoms with E-state index in [0.29, 0.717) is 0 Å². The van der Waals surface area contributed by atoms with Crippen LogP contribution in [0.25, 0.3) is 5.69 Å². The van der Waals surface area contributed by atoms with Crippen LogP contribution in [-0.2, 0) is 17.8 Å². The minimum atomic E-state index is 0.860. The average molecular weight is 392 g/mol. The van der Waals surface area contributed by atoms with Crippen LogP contribution >= 0.6 is 0 Å². The lowest BCUT2D eigenvalue weighted by atomic mass is 10.2. The molecular formula is C23H29N5O. The van der Waals surface area contributed by atoms with E-state index in [4.69, 9.17) is 4.74 Å². The fraction of sp³-hybridized carbons (Fsp3) is 0.391. The zero-order valence-electron chi connectivity index (χ0n) is 16.9. The summed E-state index contributed by atoms with van der Waals surface area (Å²) in [7, 11) is 0. The summed E-state index contributed by atoms with van der Waals surface area (Å²) in [6.07, 6.45) is 10.8. The smallest absolute Gasteiger partial charge is 0.0594 e. The Morgan fingerprint density at radius 1 is 0.931 bits per heavy atom. The Kier molecular flexibility index (Phi) is 7.02. The van der Waals surface area contributed by atoms with Crippen molar-refractivity contribution in [1.82, 2.24) is 24.3 Å². The minimum Gasteiger partial charge on any atom is -0.379 e. The molecule has 0 unspecified atom stereocenters. The summed E-state index contributed by atoms with van der Waals surface area (Å²) < 4.78 is 7.72. The fourth-order valence-corrected chi connectivity index (χ4v) is 3.84. The molecule has 4 heterocycles. The van der Waals surface area contributed by atoms with Crippen LogP contribution in [0.1, 0.15) is 17.7 Å². The maximum atomic E-state index is 5.47. The average Bonchev–Trinajstić information content (AvgIpc) is 3.24. The van der Waals surface area contributed by atoms with Gasteiger partial charge < -0.3 is 9.30 Å². The maximum absolute atomic E-state index is 5.47. The molecule has 0 bridgehead atoms. The fourth-order valence-electron chi connectivity index (χ4n) is 3.84. The van der Waals surface area contributed by atoms with Crippen molar-refractivity contribution in [2.45, 2.75) is 19.5 Å². The molecule has 0 saturated carbocycles. The molecule has 4 rings (SSSR count). The van der Waals surface area contributed by atoms with Crippen molar-refractivity contribution < 1.29 is 4.74 Å². The summed E-state index contributed by atoms with van der Waals surface area (Å²) >= 11 is 0. The van der Waals surface area contributed by atoms with Crippen molar-refractivity contribution >= 4 is 0 Å². The van der Waals surface area contributed by atoms with Crippen LogP contribution in [0.4, 0.5) is 0 Å². The number of aromatic nitrogens is 3. The molecule has 152 valence electrons. The summed E-state index contributed by atoms with van der Waals surface area (Å²) in [5.74, 6) is 0. The van der Waals surface area contributed by atoms with Gasteiger partial charge in [0.25, 0.3) is 0 Å². The molecular weight excluding hydrogens is 362 g/mol. The van der Waals surface area contributed by atoms with E-state index in [1.54, 1.807) is 0 Å². The highest BCUT2D eigenvalue weighted by Gasteiger charge is 2.14. The standard InChI is InChI=1S/C23H29N5O/c1-4-21(18-25-8-1)19-27(12-3-11-26-14-16-29-17-15-26)20-23-5-2-13-28(23)22-6-9-24-10-7-22/h1-2,4-10,13,18H,3,11-12,14-17,19-20H2. The number of ether oxygens (including phenoxy) is 1. The Labute approximate surface area is 172 Å². The molecule has 3 aromatic rings. The van der Waals surface area contributed by atoms with E-state index in [1.165, 1.54) is 11.3 Å². The zero-order valence-corrected chi connectivity index (χ0v) is 16.9. The predicted molar refractivity (Wildman–Crippen MR) is 114 cm³/mol. The summed E-state index contributed by atoms with van der Waals surface area (Å²) in [5, 5.41) is 0. The van der Waals surface area contributed by atoms with E-state index in [0.717, 1.165) is 64.6 Å². The molecule has 1 aliphatic rings. The Hall–Kier alpha value is -2.54. The van der Waals surface area contributed by atoms with Gasteiger partial charge in [0, 0.05) is 75.1 Å². The number of morpholine rings is 1. The molecule has 1 aliphatic heterocycles. The highest BCUT2D eigenvalue weighted by atomic mass is 16.5. The second-order valence-corrected chi connectivity index (χ2v) is 7.45. The summed E-state index contributed by atoms with van der Waals surface area (Å²) in [6, 6.07) is 12.6. The molecule has 1 saturated heterocycles. The molecule has 0 aromatic carbocycles. The van der Waals surface area contributed by atoms with Gasteiger partial charge in [-0.15, -0.1) is 0 Å². The first-order chi connectivity index (χ1) is 14.4. The number of pyridine rings is 2. The topological polar surface area (TPSA) is 46.4 Å². The largest absolute Gasteiger partial charge is 0.379 e. The molecule has 0 radical (unpaired) electrons. The highest BCUT2D eigenvalue weighted by molar-refractivity contribution is 5.32. The highest BCUT2D eigenvalue weighted by Crippen LogP contribution is 2.16. The van der Waals surface area contributed by atoms with E-state index >= 15 is 0 Å². The van der Waals surface area contributed by atoms with Crippen LogP contribution in [0, 0.1) is 0 Å². The minimum absolute atomic E-state index is 0.860. The lowest BCUT2D eigenvalue weighted by molar-refractivity contribution is 0.0358. The molecule has 0 atom stereocenters. The van der Waals surface area contributed by atoms with Gasteiger partial charge in [-0.2, -0.15) is 0 Å². The third-order valence-electron chi connectivity index (χ3n) is 5.34.